The van der Waals surface area contributed by atoms with Crippen molar-refractivity contribution in [2.45, 2.75) is 0 Å². The zero-order valence-corrected chi connectivity index (χ0v) is 12.5. The SMILES string of the molecule is N#Cc1ccc(-c2cccnc2)c(-n2cc3ccccc3n2)c1F. The van der Waals surface area contributed by atoms with Gasteiger partial charge in [-0.05, 0) is 18.2 Å². The van der Waals surface area contributed by atoms with E-state index in [1.165, 1.54) is 10.7 Å². The molecule has 2 aromatic heterocycles. The molecule has 0 radical (unpaired) electrons. The molecule has 2 heterocycles. The maximum Gasteiger partial charge on any atom is 0.167 e. The lowest BCUT2D eigenvalue weighted by Gasteiger charge is -2.11. The second-order valence-electron chi connectivity index (χ2n) is 5.31. The van der Waals surface area contributed by atoms with Gasteiger partial charge in [-0.3, -0.25) is 4.98 Å². The molecule has 4 rings (SSSR count). The highest BCUT2D eigenvalue weighted by Gasteiger charge is 2.18. The van der Waals surface area contributed by atoms with Crippen LogP contribution in [0, 0.1) is 17.1 Å². The third-order valence-corrected chi connectivity index (χ3v) is 3.85. The minimum absolute atomic E-state index is 0.0165. The molecule has 0 aliphatic heterocycles. The van der Waals surface area contributed by atoms with E-state index in [0.29, 0.717) is 5.56 Å². The van der Waals surface area contributed by atoms with Crippen molar-refractivity contribution in [2.24, 2.45) is 0 Å². The molecule has 2 aromatic carbocycles. The van der Waals surface area contributed by atoms with E-state index in [0.717, 1.165) is 16.5 Å². The first-order valence-electron chi connectivity index (χ1n) is 7.36. The van der Waals surface area contributed by atoms with Crippen LogP contribution in [-0.4, -0.2) is 14.8 Å². The molecular weight excluding hydrogens is 303 g/mol. The van der Waals surface area contributed by atoms with Crippen LogP contribution in [-0.2, 0) is 0 Å². The zero-order valence-electron chi connectivity index (χ0n) is 12.5. The van der Waals surface area contributed by atoms with Crippen LogP contribution in [0.5, 0.6) is 0 Å². The molecule has 0 aliphatic carbocycles. The van der Waals surface area contributed by atoms with Gasteiger partial charge in [0.1, 0.15) is 11.8 Å². The van der Waals surface area contributed by atoms with Crippen molar-refractivity contribution >= 4 is 10.9 Å². The number of hydrogen-bond donors (Lipinski definition) is 0. The summed E-state index contributed by atoms with van der Waals surface area (Å²) in [5, 5.41) is 14.5. The number of nitriles is 1. The fraction of sp³-hybridized carbons (Fsp3) is 0. The van der Waals surface area contributed by atoms with E-state index >= 15 is 0 Å². The third-order valence-electron chi connectivity index (χ3n) is 3.85. The van der Waals surface area contributed by atoms with Crippen LogP contribution < -0.4 is 0 Å². The number of halogens is 1. The standard InChI is InChI=1S/C19H11FN4/c20-18-13(10-21)7-8-16(14-5-3-9-22-11-14)19(18)24-12-15-4-1-2-6-17(15)23-24/h1-9,11-12H. The summed E-state index contributed by atoms with van der Waals surface area (Å²) in [6.45, 7) is 0. The van der Waals surface area contributed by atoms with Gasteiger partial charge in [-0.2, -0.15) is 10.4 Å². The lowest BCUT2D eigenvalue weighted by atomic mass is 10.0. The van der Waals surface area contributed by atoms with Crippen LogP contribution >= 0.6 is 0 Å². The van der Waals surface area contributed by atoms with Crippen LogP contribution in [0.1, 0.15) is 5.56 Å². The molecule has 0 saturated heterocycles. The summed E-state index contributed by atoms with van der Waals surface area (Å²) in [6.07, 6.45) is 5.08. The summed E-state index contributed by atoms with van der Waals surface area (Å²) in [7, 11) is 0. The fourth-order valence-electron chi connectivity index (χ4n) is 2.71. The van der Waals surface area contributed by atoms with Gasteiger partial charge in [0.15, 0.2) is 5.82 Å². The predicted octanol–water partition coefficient (Wildman–Crippen LogP) is 4.10. The Morgan fingerprint density at radius 2 is 1.92 bits per heavy atom. The molecular formula is C19H11FN4. The van der Waals surface area contributed by atoms with Crippen molar-refractivity contribution in [3.63, 3.8) is 0 Å². The lowest BCUT2D eigenvalue weighted by molar-refractivity contribution is 0.608. The van der Waals surface area contributed by atoms with E-state index in [1.54, 1.807) is 30.7 Å². The molecule has 4 aromatic rings. The summed E-state index contributed by atoms with van der Waals surface area (Å²) in [5.41, 5.74) is 2.38. The number of fused-ring (bicyclic) bond motifs is 1. The minimum Gasteiger partial charge on any atom is -0.264 e. The lowest BCUT2D eigenvalue weighted by Crippen LogP contribution is -2.03. The Hall–Kier alpha value is -3.52. The quantitative estimate of drug-likeness (QED) is 0.560. The average molecular weight is 314 g/mol. The topological polar surface area (TPSA) is 54.5 Å². The molecule has 0 aliphatic rings. The number of benzene rings is 2. The first-order valence-corrected chi connectivity index (χ1v) is 7.36. The summed E-state index contributed by atoms with van der Waals surface area (Å²) in [4.78, 5) is 4.09. The summed E-state index contributed by atoms with van der Waals surface area (Å²) in [6, 6.07) is 16.3. The number of hydrogen-bond acceptors (Lipinski definition) is 3. The summed E-state index contributed by atoms with van der Waals surface area (Å²) < 4.78 is 16.4. The maximum atomic E-state index is 14.9. The molecule has 24 heavy (non-hydrogen) atoms. The van der Waals surface area contributed by atoms with E-state index in [4.69, 9.17) is 5.26 Å². The number of aromatic nitrogens is 3. The predicted molar refractivity (Wildman–Crippen MR) is 89.0 cm³/mol. The van der Waals surface area contributed by atoms with Crippen molar-refractivity contribution in [1.29, 1.82) is 5.26 Å². The van der Waals surface area contributed by atoms with Gasteiger partial charge in [0.2, 0.25) is 0 Å². The molecule has 0 atom stereocenters. The smallest absolute Gasteiger partial charge is 0.167 e. The Morgan fingerprint density at radius 3 is 2.67 bits per heavy atom. The maximum absolute atomic E-state index is 14.9. The van der Waals surface area contributed by atoms with Gasteiger partial charge >= 0.3 is 0 Å². The average Bonchev–Trinajstić information content (AvgIpc) is 3.05. The summed E-state index contributed by atoms with van der Waals surface area (Å²) >= 11 is 0. The second kappa shape index (κ2) is 5.60. The summed E-state index contributed by atoms with van der Waals surface area (Å²) in [5.74, 6) is -0.591. The zero-order chi connectivity index (χ0) is 16.5. The fourth-order valence-corrected chi connectivity index (χ4v) is 2.71. The van der Waals surface area contributed by atoms with Crippen molar-refractivity contribution in [3.8, 4) is 22.9 Å². The van der Waals surface area contributed by atoms with Crippen molar-refractivity contribution < 1.29 is 4.39 Å². The van der Waals surface area contributed by atoms with E-state index < -0.39 is 5.82 Å². The van der Waals surface area contributed by atoms with Crippen molar-refractivity contribution in [3.05, 3.63) is 78.5 Å². The van der Waals surface area contributed by atoms with Crippen LogP contribution in [0.2, 0.25) is 0 Å². The largest absolute Gasteiger partial charge is 0.264 e. The van der Waals surface area contributed by atoms with E-state index in [1.807, 2.05) is 36.4 Å². The van der Waals surface area contributed by atoms with Crippen LogP contribution in [0.15, 0.2) is 67.1 Å². The van der Waals surface area contributed by atoms with E-state index in [-0.39, 0.29) is 11.3 Å². The Labute approximate surface area is 137 Å². The number of pyridine rings is 1. The van der Waals surface area contributed by atoms with E-state index in [2.05, 4.69) is 10.1 Å². The Balaban J connectivity index is 2.03. The Kier molecular flexibility index (Phi) is 3.29. The molecule has 0 spiro atoms. The Morgan fingerprint density at radius 1 is 1.04 bits per heavy atom. The molecule has 4 nitrogen and oxygen atoms in total. The van der Waals surface area contributed by atoms with Gasteiger partial charge in [0, 0.05) is 35.1 Å². The highest BCUT2D eigenvalue weighted by Crippen LogP contribution is 2.31. The normalized spacial score (nSPS) is 10.7. The first kappa shape index (κ1) is 14.1. The van der Waals surface area contributed by atoms with Crippen LogP contribution in [0.3, 0.4) is 0 Å². The third kappa shape index (κ3) is 2.22. The van der Waals surface area contributed by atoms with Gasteiger partial charge in [-0.1, -0.05) is 30.3 Å². The van der Waals surface area contributed by atoms with Gasteiger partial charge < -0.3 is 0 Å². The van der Waals surface area contributed by atoms with Gasteiger partial charge in [-0.15, -0.1) is 0 Å². The number of rotatable bonds is 2. The molecule has 0 N–H and O–H groups in total. The van der Waals surface area contributed by atoms with Gasteiger partial charge in [0.05, 0.1) is 11.1 Å². The molecule has 0 bridgehead atoms. The van der Waals surface area contributed by atoms with Gasteiger partial charge in [-0.25, -0.2) is 9.07 Å². The van der Waals surface area contributed by atoms with Crippen LogP contribution in [0.4, 0.5) is 4.39 Å². The molecule has 0 fully saturated rings. The van der Waals surface area contributed by atoms with E-state index in [9.17, 15) is 4.39 Å². The molecule has 0 saturated carbocycles. The second-order valence-corrected chi connectivity index (χ2v) is 5.31. The monoisotopic (exact) mass is 314 g/mol. The molecule has 5 heteroatoms. The molecule has 0 unspecified atom stereocenters. The highest BCUT2D eigenvalue weighted by atomic mass is 19.1. The minimum atomic E-state index is -0.591. The number of nitrogens with zero attached hydrogens (tertiary/aromatic N) is 4. The van der Waals surface area contributed by atoms with Crippen molar-refractivity contribution in [1.82, 2.24) is 14.8 Å². The molecule has 0 amide bonds. The molecule has 114 valence electrons. The van der Waals surface area contributed by atoms with Gasteiger partial charge in [0.25, 0.3) is 0 Å². The van der Waals surface area contributed by atoms with Crippen molar-refractivity contribution in [2.75, 3.05) is 0 Å². The highest BCUT2D eigenvalue weighted by molar-refractivity contribution is 5.80. The Bertz CT molecular complexity index is 1040. The van der Waals surface area contributed by atoms with Crippen LogP contribution in [0.25, 0.3) is 27.7 Å². The first-order chi connectivity index (χ1) is 11.8.